The molecule has 0 bridgehead atoms. The molecule has 0 radical (unpaired) electrons. The lowest BCUT2D eigenvalue weighted by atomic mass is 10.1. The lowest BCUT2D eigenvalue weighted by molar-refractivity contribution is 0.0102. The van der Waals surface area contributed by atoms with E-state index in [1.165, 1.54) is 11.9 Å². The number of anilines is 1. The normalized spacial score (nSPS) is 23.2. The molecule has 9 nitrogen and oxygen atoms in total. The van der Waals surface area contributed by atoms with Gasteiger partial charge in [-0.3, -0.25) is 0 Å². The summed E-state index contributed by atoms with van der Waals surface area (Å²) in [6.45, 7) is 1.06. The lowest BCUT2D eigenvalue weighted by Crippen LogP contribution is -2.33. The van der Waals surface area contributed by atoms with Crippen molar-refractivity contribution in [1.29, 1.82) is 0 Å². The van der Waals surface area contributed by atoms with Crippen LogP contribution in [0.5, 0.6) is 0 Å². The fraction of sp³-hybridized carbons (Fsp3) is 0.478. The lowest BCUT2D eigenvalue weighted by Gasteiger charge is -2.19. The van der Waals surface area contributed by atoms with Crippen LogP contribution in [0.4, 0.5) is 5.82 Å². The van der Waals surface area contributed by atoms with E-state index in [9.17, 15) is 18.6 Å². The quantitative estimate of drug-likeness (QED) is 0.321. The Bertz CT molecular complexity index is 1170. The van der Waals surface area contributed by atoms with E-state index < -0.39 is 34.0 Å². The molecule has 4 rings (SSSR count). The van der Waals surface area contributed by atoms with Gasteiger partial charge >= 0.3 is 0 Å². The molecule has 0 unspecified atom stereocenters. The zero-order valence-electron chi connectivity index (χ0n) is 18.6. The second kappa shape index (κ2) is 10.2. The van der Waals surface area contributed by atoms with Crippen LogP contribution in [0.2, 0.25) is 0 Å². The van der Waals surface area contributed by atoms with E-state index >= 15 is 0 Å². The summed E-state index contributed by atoms with van der Waals surface area (Å²) in [6.07, 6.45) is 2.24. The van der Waals surface area contributed by atoms with Gasteiger partial charge in [0.1, 0.15) is 23.9 Å². The number of fused-ring (bicyclic) bond motifs is 1. The summed E-state index contributed by atoms with van der Waals surface area (Å²) in [7, 11) is -1.62. The number of hydrogen-bond donors (Lipinski definition) is 4. The van der Waals surface area contributed by atoms with Gasteiger partial charge in [-0.15, -0.1) is 0 Å². The molecular formula is C23H31N5O4S. The predicted octanol–water partition coefficient (Wildman–Crippen LogP) is 1.00. The van der Waals surface area contributed by atoms with Crippen molar-refractivity contribution in [2.45, 2.75) is 31.1 Å². The zero-order valence-corrected chi connectivity index (χ0v) is 19.4. The minimum atomic E-state index is -3.39. The number of nitrogens with one attached hydrogen (secondary N) is 2. The molecule has 1 fully saturated rings. The number of benzene rings is 1. The van der Waals surface area contributed by atoms with Crippen molar-refractivity contribution < 1.29 is 18.6 Å². The first kappa shape index (κ1) is 23.6. The molecule has 0 aliphatic heterocycles. The first-order valence-corrected chi connectivity index (χ1v) is 13.0. The minimum Gasteiger partial charge on any atom is -0.390 e. The van der Waals surface area contributed by atoms with Crippen molar-refractivity contribution in [2.75, 3.05) is 37.0 Å². The van der Waals surface area contributed by atoms with Gasteiger partial charge in [-0.05, 0) is 31.0 Å². The summed E-state index contributed by atoms with van der Waals surface area (Å²) < 4.78 is 27.2. The molecule has 178 valence electrons. The van der Waals surface area contributed by atoms with E-state index in [2.05, 4.69) is 20.6 Å². The highest BCUT2D eigenvalue weighted by Crippen LogP contribution is 2.38. The summed E-state index contributed by atoms with van der Waals surface area (Å²) >= 11 is 0. The van der Waals surface area contributed by atoms with Gasteiger partial charge in [0.2, 0.25) is 0 Å². The Morgan fingerprint density at radius 1 is 1.09 bits per heavy atom. The first-order valence-electron chi connectivity index (χ1n) is 11.2. The van der Waals surface area contributed by atoms with Crippen LogP contribution in [0.1, 0.15) is 18.0 Å². The number of aliphatic hydroxyl groups excluding tert-OH is 2. The van der Waals surface area contributed by atoms with Crippen LogP contribution in [0, 0.1) is 5.92 Å². The van der Waals surface area contributed by atoms with Crippen LogP contribution in [-0.4, -0.2) is 77.0 Å². The SMILES string of the molecule is CNc1ncnc2c1ccn2[C@@H]1C[C@H](CS(=O)(=O)CCNCCc2ccccc2)[C@@H](O)[C@H]1O. The number of sulfone groups is 1. The van der Waals surface area contributed by atoms with Gasteiger partial charge in [0.15, 0.2) is 9.84 Å². The highest BCUT2D eigenvalue weighted by atomic mass is 32.2. The van der Waals surface area contributed by atoms with E-state index in [1.807, 2.05) is 41.0 Å². The van der Waals surface area contributed by atoms with Crippen LogP contribution < -0.4 is 10.6 Å². The molecule has 1 saturated carbocycles. The molecule has 0 saturated heterocycles. The molecule has 1 aliphatic rings. The van der Waals surface area contributed by atoms with Crippen molar-refractivity contribution in [2.24, 2.45) is 5.92 Å². The number of nitrogens with zero attached hydrogens (tertiary/aromatic N) is 3. The van der Waals surface area contributed by atoms with Crippen molar-refractivity contribution >= 4 is 26.7 Å². The van der Waals surface area contributed by atoms with Gasteiger partial charge < -0.3 is 25.4 Å². The Morgan fingerprint density at radius 3 is 2.64 bits per heavy atom. The van der Waals surface area contributed by atoms with Crippen LogP contribution in [0.15, 0.2) is 48.9 Å². The predicted molar refractivity (Wildman–Crippen MR) is 128 cm³/mol. The summed E-state index contributed by atoms with van der Waals surface area (Å²) in [6, 6.07) is 11.4. The van der Waals surface area contributed by atoms with Crippen LogP contribution in [0.25, 0.3) is 11.0 Å². The standard InChI is InChI=1S/C23H31N5O4S/c1-24-22-18-8-11-28(23(18)27-15-26-22)19-13-17(20(29)21(19)30)14-33(31,32)12-10-25-9-7-16-5-3-2-4-6-16/h2-6,8,11,15,17,19-21,25,29-30H,7,9-10,12-14H2,1H3,(H,24,26,27)/t17-,19-,20-,21+/m1/s1. The van der Waals surface area contributed by atoms with Gasteiger partial charge in [-0.1, -0.05) is 30.3 Å². The number of aromatic nitrogens is 3. The molecular weight excluding hydrogens is 442 g/mol. The van der Waals surface area contributed by atoms with Crippen molar-refractivity contribution in [3.63, 3.8) is 0 Å². The van der Waals surface area contributed by atoms with Crippen LogP contribution >= 0.6 is 0 Å². The average Bonchev–Trinajstić information content (AvgIpc) is 3.35. The Morgan fingerprint density at radius 2 is 1.88 bits per heavy atom. The fourth-order valence-corrected chi connectivity index (χ4v) is 6.23. The van der Waals surface area contributed by atoms with E-state index in [1.54, 1.807) is 13.2 Å². The smallest absolute Gasteiger partial charge is 0.151 e. The monoisotopic (exact) mass is 473 g/mol. The molecule has 0 spiro atoms. The number of aliphatic hydroxyl groups is 2. The fourth-order valence-electron chi connectivity index (χ4n) is 4.62. The number of hydrogen-bond acceptors (Lipinski definition) is 8. The Hall–Kier alpha value is -2.53. The molecule has 2 aromatic heterocycles. The highest BCUT2D eigenvalue weighted by Gasteiger charge is 2.44. The molecule has 33 heavy (non-hydrogen) atoms. The Balaban J connectivity index is 1.34. The van der Waals surface area contributed by atoms with Crippen molar-refractivity contribution in [1.82, 2.24) is 19.9 Å². The topological polar surface area (TPSA) is 129 Å². The van der Waals surface area contributed by atoms with E-state index in [4.69, 9.17) is 0 Å². The van der Waals surface area contributed by atoms with Gasteiger partial charge in [0, 0.05) is 25.7 Å². The molecule has 3 aromatic rings. The minimum absolute atomic E-state index is 0.00300. The van der Waals surface area contributed by atoms with E-state index in [0.717, 1.165) is 11.8 Å². The molecule has 4 N–H and O–H groups in total. The maximum absolute atomic E-state index is 12.7. The first-order chi connectivity index (χ1) is 15.9. The van der Waals surface area contributed by atoms with Crippen molar-refractivity contribution in [3.05, 3.63) is 54.5 Å². The third-order valence-corrected chi connectivity index (χ3v) is 8.13. The molecule has 10 heteroatoms. The third kappa shape index (κ3) is 5.35. The molecule has 0 amide bonds. The summed E-state index contributed by atoms with van der Waals surface area (Å²) in [5.41, 5.74) is 1.84. The van der Waals surface area contributed by atoms with Crippen molar-refractivity contribution in [3.8, 4) is 0 Å². The Labute approximate surface area is 193 Å². The summed E-state index contributed by atoms with van der Waals surface area (Å²) in [4.78, 5) is 8.51. The second-order valence-corrected chi connectivity index (χ2v) is 10.8. The Kier molecular flexibility index (Phi) is 7.28. The molecule has 1 aromatic carbocycles. The van der Waals surface area contributed by atoms with Gasteiger partial charge in [-0.25, -0.2) is 18.4 Å². The summed E-state index contributed by atoms with van der Waals surface area (Å²) in [5.74, 6) is -0.0253. The third-order valence-electron chi connectivity index (χ3n) is 6.37. The maximum Gasteiger partial charge on any atom is 0.151 e. The van der Waals surface area contributed by atoms with E-state index in [0.29, 0.717) is 31.0 Å². The largest absolute Gasteiger partial charge is 0.390 e. The average molecular weight is 474 g/mol. The molecule has 2 heterocycles. The molecule has 4 atom stereocenters. The maximum atomic E-state index is 12.7. The molecule has 1 aliphatic carbocycles. The van der Waals surface area contributed by atoms with Crippen LogP contribution in [0.3, 0.4) is 0 Å². The zero-order chi connectivity index (χ0) is 23.4. The number of rotatable bonds is 10. The van der Waals surface area contributed by atoms with Gasteiger partial charge in [-0.2, -0.15) is 0 Å². The second-order valence-electron chi connectivity index (χ2n) is 8.58. The van der Waals surface area contributed by atoms with Gasteiger partial charge in [0.25, 0.3) is 0 Å². The van der Waals surface area contributed by atoms with Gasteiger partial charge in [0.05, 0.1) is 29.0 Å². The van der Waals surface area contributed by atoms with E-state index in [-0.39, 0.29) is 11.5 Å². The van der Waals surface area contributed by atoms with Crippen LogP contribution in [-0.2, 0) is 16.3 Å². The summed E-state index contributed by atoms with van der Waals surface area (Å²) in [5, 5.41) is 28.3. The highest BCUT2D eigenvalue weighted by molar-refractivity contribution is 7.91.